The molecule has 2 aromatic rings. The minimum Gasteiger partial charge on any atom is -0.309 e. The molecule has 5 nitrogen and oxygen atoms in total. The van der Waals surface area contributed by atoms with Crippen molar-refractivity contribution < 1.29 is 18.8 Å². The van der Waals surface area contributed by atoms with E-state index in [1.54, 1.807) is 35.2 Å². The Labute approximate surface area is 175 Å². The zero-order chi connectivity index (χ0) is 21.3. The zero-order valence-electron chi connectivity index (χ0n) is 17.1. The summed E-state index contributed by atoms with van der Waals surface area (Å²) in [6.45, 7) is 2.38. The van der Waals surface area contributed by atoms with Gasteiger partial charge in [-0.05, 0) is 68.5 Å². The molecule has 2 aliphatic heterocycles. The number of benzene rings is 2. The quantitative estimate of drug-likeness (QED) is 0.527. The molecule has 0 saturated heterocycles. The van der Waals surface area contributed by atoms with Gasteiger partial charge in [-0.1, -0.05) is 18.6 Å². The maximum absolute atomic E-state index is 13.5. The van der Waals surface area contributed by atoms with Gasteiger partial charge in [0.15, 0.2) is 0 Å². The smallest absolute Gasteiger partial charge is 0.261 e. The molecule has 6 heteroatoms. The second kappa shape index (κ2) is 8.38. The van der Waals surface area contributed by atoms with Gasteiger partial charge in [-0.25, -0.2) is 4.39 Å². The van der Waals surface area contributed by atoms with Gasteiger partial charge in [0.2, 0.25) is 5.91 Å². The molecule has 0 bridgehead atoms. The van der Waals surface area contributed by atoms with Crippen molar-refractivity contribution >= 4 is 23.4 Å². The van der Waals surface area contributed by atoms with Crippen molar-refractivity contribution in [2.45, 2.75) is 51.5 Å². The maximum Gasteiger partial charge on any atom is 0.261 e. The summed E-state index contributed by atoms with van der Waals surface area (Å²) in [5, 5.41) is 0. The Bertz CT molecular complexity index is 969. The average molecular weight is 408 g/mol. The highest BCUT2D eigenvalue weighted by molar-refractivity contribution is 6.21. The van der Waals surface area contributed by atoms with Gasteiger partial charge in [0, 0.05) is 24.7 Å². The second-order valence-electron chi connectivity index (χ2n) is 8.04. The van der Waals surface area contributed by atoms with Crippen LogP contribution in [0.25, 0.3) is 0 Å². The molecule has 0 aromatic heterocycles. The Morgan fingerprint density at radius 1 is 1.03 bits per heavy atom. The number of hydrogen-bond acceptors (Lipinski definition) is 3. The summed E-state index contributed by atoms with van der Waals surface area (Å²) in [6, 6.07) is 11.6. The molecule has 2 heterocycles. The molecule has 0 radical (unpaired) electrons. The Morgan fingerprint density at radius 3 is 2.43 bits per heavy atom. The van der Waals surface area contributed by atoms with Crippen LogP contribution in [0.3, 0.4) is 0 Å². The third kappa shape index (κ3) is 3.74. The van der Waals surface area contributed by atoms with Crippen LogP contribution in [-0.4, -0.2) is 35.2 Å². The number of rotatable bonds is 6. The predicted molar refractivity (Wildman–Crippen MR) is 112 cm³/mol. The van der Waals surface area contributed by atoms with Gasteiger partial charge >= 0.3 is 0 Å². The SMILES string of the molecule is C[C@H]1CCc2cc(F)ccc2N1C(=O)CCCCCN1C(=O)c2ccccc2C1=O. The van der Waals surface area contributed by atoms with E-state index in [1.165, 1.54) is 17.0 Å². The number of carbonyl (C=O) groups is 3. The van der Waals surface area contributed by atoms with Crippen LogP contribution in [0.15, 0.2) is 42.5 Å². The minimum absolute atomic E-state index is 0.0378. The van der Waals surface area contributed by atoms with E-state index in [1.807, 2.05) is 6.92 Å². The van der Waals surface area contributed by atoms with Gasteiger partial charge in [-0.15, -0.1) is 0 Å². The van der Waals surface area contributed by atoms with Gasteiger partial charge in [-0.3, -0.25) is 19.3 Å². The predicted octanol–water partition coefficient (Wildman–Crippen LogP) is 4.35. The fourth-order valence-corrected chi connectivity index (χ4v) is 4.39. The molecule has 0 spiro atoms. The van der Waals surface area contributed by atoms with E-state index in [0.29, 0.717) is 36.9 Å². The van der Waals surface area contributed by atoms with Crippen molar-refractivity contribution in [2.75, 3.05) is 11.4 Å². The molecule has 1 atom stereocenters. The molecular formula is C24H25FN2O3. The van der Waals surface area contributed by atoms with Crippen molar-refractivity contribution in [2.24, 2.45) is 0 Å². The summed E-state index contributed by atoms with van der Waals surface area (Å²) in [5.41, 5.74) is 2.62. The third-order valence-electron chi connectivity index (χ3n) is 5.99. The van der Waals surface area contributed by atoms with Crippen molar-refractivity contribution in [1.82, 2.24) is 4.90 Å². The Morgan fingerprint density at radius 2 is 1.73 bits per heavy atom. The second-order valence-corrected chi connectivity index (χ2v) is 8.04. The monoisotopic (exact) mass is 408 g/mol. The van der Waals surface area contributed by atoms with Crippen LogP contribution < -0.4 is 4.90 Å². The van der Waals surface area contributed by atoms with Crippen LogP contribution in [0, 0.1) is 5.82 Å². The molecule has 3 amide bonds. The number of carbonyl (C=O) groups excluding carboxylic acids is 3. The van der Waals surface area contributed by atoms with Gasteiger partial charge < -0.3 is 4.90 Å². The third-order valence-corrected chi connectivity index (χ3v) is 5.99. The van der Waals surface area contributed by atoms with Gasteiger partial charge in [0.1, 0.15) is 5.82 Å². The summed E-state index contributed by atoms with van der Waals surface area (Å²) < 4.78 is 13.5. The van der Waals surface area contributed by atoms with E-state index in [-0.39, 0.29) is 29.6 Å². The van der Waals surface area contributed by atoms with Crippen molar-refractivity contribution in [3.63, 3.8) is 0 Å². The summed E-state index contributed by atoms with van der Waals surface area (Å²) >= 11 is 0. The number of hydrogen-bond donors (Lipinski definition) is 0. The number of fused-ring (bicyclic) bond motifs is 2. The molecule has 2 aliphatic rings. The molecule has 0 saturated carbocycles. The van der Waals surface area contributed by atoms with E-state index < -0.39 is 0 Å². The highest BCUT2D eigenvalue weighted by Crippen LogP contribution is 2.32. The number of amides is 3. The first-order chi connectivity index (χ1) is 14.5. The Balaban J connectivity index is 1.28. The Hall–Kier alpha value is -3.02. The fourth-order valence-electron chi connectivity index (χ4n) is 4.39. The zero-order valence-corrected chi connectivity index (χ0v) is 17.1. The first-order valence-electron chi connectivity index (χ1n) is 10.5. The van der Waals surface area contributed by atoms with Crippen LogP contribution in [-0.2, 0) is 11.2 Å². The van der Waals surface area contributed by atoms with Crippen LogP contribution in [0.1, 0.15) is 65.3 Å². The summed E-state index contributed by atoms with van der Waals surface area (Å²) in [6.07, 6.45) is 4.08. The first-order valence-corrected chi connectivity index (χ1v) is 10.5. The van der Waals surface area contributed by atoms with Gasteiger partial charge in [0.25, 0.3) is 11.8 Å². The van der Waals surface area contributed by atoms with E-state index in [4.69, 9.17) is 0 Å². The molecule has 4 rings (SSSR count). The van der Waals surface area contributed by atoms with Gasteiger partial charge in [-0.2, -0.15) is 0 Å². The molecule has 0 N–H and O–H groups in total. The lowest BCUT2D eigenvalue weighted by molar-refractivity contribution is -0.119. The number of unbranched alkanes of at least 4 members (excludes halogenated alkanes) is 2. The van der Waals surface area contributed by atoms with Gasteiger partial charge in [0.05, 0.1) is 11.1 Å². The molecule has 156 valence electrons. The lowest BCUT2D eigenvalue weighted by Gasteiger charge is -2.35. The highest BCUT2D eigenvalue weighted by Gasteiger charge is 2.34. The first kappa shape index (κ1) is 20.3. The molecule has 0 aliphatic carbocycles. The molecule has 30 heavy (non-hydrogen) atoms. The minimum atomic E-state index is -0.274. The summed E-state index contributed by atoms with van der Waals surface area (Å²) in [7, 11) is 0. The van der Waals surface area contributed by atoms with Crippen LogP contribution in [0.4, 0.5) is 10.1 Å². The summed E-state index contributed by atoms with van der Waals surface area (Å²) in [4.78, 5) is 40.7. The molecule has 2 aromatic carbocycles. The molecule has 0 fully saturated rings. The van der Waals surface area contributed by atoms with Crippen LogP contribution in [0.5, 0.6) is 0 Å². The normalized spacial score (nSPS) is 17.9. The van der Waals surface area contributed by atoms with E-state index >= 15 is 0 Å². The number of anilines is 1. The highest BCUT2D eigenvalue weighted by atomic mass is 19.1. The van der Waals surface area contributed by atoms with E-state index in [0.717, 1.165) is 30.5 Å². The topological polar surface area (TPSA) is 57.7 Å². The average Bonchev–Trinajstić information content (AvgIpc) is 2.98. The van der Waals surface area contributed by atoms with Crippen molar-refractivity contribution in [3.05, 3.63) is 65.0 Å². The van der Waals surface area contributed by atoms with Crippen molar-refractivity contribution in [1.29, 1.82) is 0 Å². The number of imide groups is 1. The Kier molecular flexibility index (Phi) is 5.66. The number of halogens is 1. The van der Waals surface area contributed by atoms with Crippen molar-refractivity contribution in [3.8, 4) is 0 Å². The van der Waals surface area contributed by atoms with Crippen LogP contribution >= 0.6 is 0 Å². The molecule has 0 unspecified atom stereocenters. The molecular weight excluding hydrogens is 383 g/mol. The van der Waals surface area contributed by atoms with Crippen LogP contribution in [0.2, 0.25) is 0 Å². The van der Waals surface area contributed by atoms with E-state index in [9.17, 15) is 18.8 Å². The van der Waals surface area contributed by atoms with E-state index in [2.05, 4.69) is 0 Å². The number of aryl methyl sites for hydroxylation is 1. The lowest BCUT2D eigenvalue weighted by Crippen LogP contribution is -2.42. The fraction of sp³-hybridized carbons (Fsp3) is 0.375. The maximum atomic E-state index is 13.5. The largest absolute Gasteiger partial charge is 0.309 e. The number of nitrogens with zero attached hydrogens (tertiary/aromatic N) is 2. The summed E-state index contributed by atoms with van der Waals surface area (Å²) in [5.74, 6) is -0.713. The standard InChI is InChI=1S/C24H25FN2O3/c1-16-10-11-17-15-18(25)12-13-21(17)27(16)22(28)9-3-2-6-14-26-23(29)19-7-4-5-8-20(19)24(26)30/h4-5,7-8,12-13,15-16H,2-3,6,9-11,14H2,1H3/t16-/m0/s1. The lowest BCUT2D eigenvalue weighted by atomic mass is 9.96.